The Kier molecular flexibility index (Phi) is 5.81. The van der Waals surface area contributed by atoms with Crippen molar-refractivity contribution in [3.63, 3.8) is 0 Å². The summed E-state index contributed by atoms with van der Waals surface area (Å²) >= 11 is 0. The van der Waals surface area contributed by atoms with Crippen LogP contribution in [0.25, 0.3) is 0 Å². The molecule has 2 aromatic heterocycles. The summed E-state index contributed by atoms with van der Waals surface area (Å²) in [5.74, 6) is 0.880. The third kappa shape index (κ3) is 4.89. The molecule has 134 valence electrons. The van der Waals surface area contributed by atoms with Gasteiger partial charge in [-0.1, -0.05) is 0 Å². The lowest BCUT2D eigenvalue weighted by Gasteiger charge is -2.32. The minimum absolute atomic E-state index is 0.572. The summed E-state index contributed by atoms with van der Waals surface area (Å²) < 4.78 is 0. The Labute approximate surface area is 150 Å². The van der Waals surface area contributed by atoms with Crippen LogP contribution in [0.4, 0.5) is 11.6 Å². The molecule has 6 heteroatoms. The number of rotatable bonds is 6. The lowest BCUT2D eigenvalue weighted by molar-refractivity contribution is 0.418. The summed E-state index contributed by atoms with van der Waals surface area (Å²) in [6.45, 7) is 10.0. The zero-order valence-electron chi connectivity index (χ0n) is 15.4. The van der Waals surface area contributed by atoms with E-state index in [1.165, 1.54) is 11.3 Å². The molecule has 0 spiro atoms. The number of aryl methyl sites for hydroxylation is 3. The van der Waals surface area contributed by atoms with E-state index >= 15 is 0 Å². The Balaban J connectivity index is 1.40. The van der Waals surface area contributed by atoms with E-state index in [1.54, 1.807) is 0 Å². The Hall–Kier alpha value is -2.21. The van der Waals surface area contributed by atoms with Gasteiger partial charge in [-0.25, -0.2) is 9.97 Å². The van der Waals surface area contributed by atoms with E-state index in [-0.39, 0.29) is 0 Å². The molecule has 0 aliphatic carbocycles. The van der Waals surface area contributed by atoms with Gasteiger partial charge in [0.15, 0.2) is 0 Å². The SMILES string of the molecule is Cc1cc(C)nc(N2CCC(NCCNc3ccncc3C)CC2)n1. The summed E-state index contributed by atoms with van der Waals surface area (Å²) in [6.07, 6.45) is 5.98. The minimum Gasteiger partial charge on any atom is -0.383 e. The molecular formula is C19H28N6. The first kappa shape index (κ1) is 17.6. The average Bonchev–Trinajstić information content (AvgIpc) is 2.60. The quantitative estimate of drug-likeness (QED) is 0.788. The number of nitrogens with one attached hydrogen (secondary N) is 2. The van der Waals surface area contributed by atoms with E-state index in [0.717, 1.165) is 56.4 Å². The third-order valence-corrected chi connectivity index (χ3v) is 4.64. The van der Waals surface area contributed by atoms with Crippen LogP contribution in [0.1, 0.15) is 29.8 Å². The molecule has 3 heterocycles. The molecule has 0 aromatic carbocycles. The fourth-order valence-electron chi connectivity index (χ4n) is 3.28. The van der Waals surface area contributed by atoms with Gasteiger partial charge >= 0.3 is 0 Å². The molecular weight excluding hydrogens is 312 g/mol. The van der Waals surface area contributed by atoms with Crippen LogP contribution in [0, 0.1) is 20.8 Å². The number of hydrogen-bond acceptors (Lipinski definition) is 6. The van der Waals surface area contributed by atoms with Crippen LogP contribution in [0.3, 0.4) is 0 Å². The normalized spacial score (nSPS) is 15.4. The minimum atomic E-state index is 0.572. The van der Waals surface area contributed by atoms with Crippen molar-refractivity contribution in [1.82, 2.24) is 20.3 Å². The van der Waals surface area contributed by atoms with E-state index in [1.807, 2.05) is 38.4 Å². The van der Waals surface area contributed by atoms with E-state index in [2.05, 4.69) is 37.4 Å². The number of hydrogen-bond donors (Lipinski definition) is 2. The highest BCUT2D eigenvalue weighted by Gasteiger charge is 2.20. The van der Waals surface area contributed by atoms with Crippen molar-refractivity contribution in [2.45, 2.75) is 39.7 Å². The van der Waals surface area contributed by atoms with Gasteiger partial charge in [-0.3, -0.25) is 4.98 Å². The number of nitrogens with zero attached hydrogens (tertiary/aromatic N) is 4. The molecule has 0 amide bonds. The standard InChI is InChI=1S/C19H28N6/c1-14-13-20-7-4-18(14)22-9-8-21-17-5-10-25(11-6-17)19-23-15(2)12-16(3)24-19/h4,7,12-13,17,21H,5-6,8-11H2,1-3H3,(H,20,22). The van der Waals surface area contributed by atoms with Gasteiger partial charge in [-0.2, -0.15) is 0 Å². The van der Waals surface area contributed by atoms with E-state index in [4.69, 9.17) is 0 Å². The Morgan fingerprint density at radius 2 is 1.80 bits per heavy atom. The monoisotopic (exact) mass is 340 g/mol. The molecule has 0 bridgehead atoms. The molecule has 25 heavy (non-hydrogen) atoms. The van der Waals surface area contributed by atoms with Gasteiger partial charge in [-0.15, -0.1) is 0 Å². The molecule has 2 N–H and O–H groups in total. The average molecular weight is 340 g/mol. The van der Waals surface area contributed by atoms with E-state index in [0.29, 0.717) is 6.04 Å². The van der Waals surface area contributed by atoms with Crippen LogP contribution in [-0.2, 0) is 0 Å². The fourth-order valence-corrected chi connectivity index (χ4v) is 3.28. The van der Waals surface area contributed by atoms with Crippen LogP contribution >= 0.6 is 0 Å². The van der Waals surface area contributed by atoms with Crippen LogP contribution in [-0.4, -0.2) is 47.2 Å². The topological polar surface area (TPSA) is 66.0 Å². The van der Waals surface area contributed by atoms with Crippen LogP contribution in [0.5, 0.6) is 0 Å². The second-order valence-corrected chi connectivity index (χ2v) is 6.78. The predicted molar refractivity (Wildman–Crippen MR) is 102 cm³/mol. The van der Waals surface area contributed by atoms with Crippen molar-refractivity contribution in [3.8, 4) is 0 Å². The first-order valence-corrected chi connectivity index (χ1v) is 9.07. The number of aromatic nitrogens is 3. The van der Waals surface area contributed by atoms with Crippen molar-refractivity contribution >= 4 is 11.6 Å². The maximum Gasteiger partial charge on any atom is 0.225 e. The second-order valence-electron chi connectivity index (χ2n) is 6.78. The van der Waals surface area contributed by atoms with Crippen molar-refractivity contribution in [1.29, 1.82) is 0 Å². The molecule has 0 unspecified atom stereocenters. The molecule has 1 saturated heterocycles. The van der Waals surface area contributed by atoms with Gasteiger partial charge < -0.3 is 15.5 Å². The summed E-state index contributed by atoms with van der Waals surface area (Å²) in [6, 6.07) is 4.62. The highest BCUT2D eigenvalue weighted by atomic mass is 15.3. The highest BCUT2D eigenvalue weighted by Crippen LogP contribution is 2.17. The maximum absolute atomic E-state index is 4.58. The molecule has 0 radical (unpaired) electrons. The third-order valence-electron chi connectivity index (χ3n) is 4.64. The molecule has 2 aromatic rings. The number of pyridine rings is 1. The largest absolute Gasteiger partial charge is 0.383 e. The lowest BCUT2D eigenvalue weighted by Crippen LogP contribution is -2.44. The van der Waals surface area contributed by atoms with Gasteiger partial charge in [-0.05, 0) is 51.3 Å². The first-order valence-electron chi connectivity index (χ1n) is 9.07. The van der Waals surface area contributed by atoms with Gasteiger partial charge in [0.05, 0.1) is 0 Å². The van der Waals surface area contributed by atoms with E-state index in [9.17, 15) is 0 Å². The van der Waals surface area contributed by atoms with Crippen molar-refractivity contribution < 1.29 is 0 Å². The van der Waals surface area contributed by atoms with Gasteiger partial charge in [0.2, 0.25) is 5.95 Å². The van der Waals surface area contributed by atoms with Gasteiger partial charge in [0.1, 0.15) is 0 Å². The fraction of sp³-hybridized carbons (Fsp3) is 0.526. The molecule has 6 nitrogen and oxygen atoms in total. The second kappa shape index (κ2) is 8.25. The number of piperidine rings is 1. The van der Waals surface area contributed by atoms with Gasteiger partial charge in [0.25, 0.3) is 0 Å². The van der Waals surface area contributed by atoms with Crippen LogP contribution in [0.2, 0.25) is 0 Å². The smallest absolute Gasteiger partial charge is 0.225 e. The predicted octanol–water partition coefficient (Wildman–Crippen LogP) is 2.47. The summed E-state index contributed by atoms with van der Waals surface area (Å²) in [7, 11) is 0. The van der Waals surface area contributed by atoms with Crippen molar-refractivity contribution in [2.75, 3.05) is 36.4 Å². The molecule has 0 saturated carbocycles. The Morgan fingerprint density at radius 1 is 1.08 bits per heavy atom. The lowest BCUT2D eigenvalue weighted by atomic mass is 10.1. The zero-order chi connectivity index (χ0) is 17.6. The summed E-state index contributed by atoms with van der Waals surface area (Å²) in [5.41, 5.74) is 4.43. The Bertz CT molecular complexity index is 674. The maximum atomic E-state index is 4.58. The van der Waals surface area contributed by atoms with Gasteiger partial charge in [0, 0.05) is 61.7 Å². The van der Waals surface area contributed by atoms with Crippen LogP contribution < -0.4 is 15.5 Å². The summed E-state index contributed by atoms with van der Waals surface area (Å²) in [5, 5.41) is 7.13. The summed E-state index contributed by atoms with van der Waals surface area (Å²) in [4.78, 5) is 15.6. The molecule has 1 aliphatic heterocycles. The molecule has 1 aliphatic rings. The zero-order valence-corrected chi connectivity index (χ0v) is 15.4. The van der Waals surface area contributed by atoms with Crippen molar-refractivity contribution in [3.05, 3.63) is 41.5 Å². The Morgan fingerprint density at radius 3 is 2.48 bits per heavy atom. The molecule has 3 rings (SSSR count). The molecule has 1 fully saturated rings. The first-order chi connectivity index (χ1) is 12.1. The van der Waals surface area contributed by atoms with Crippen LogP contribution in [0.15, 0.2) is 24.5 Å². The van der Waals surface area contributed by atoms with Crippen molar-refractivity contribution in [2.24, 2.45) is 0 Å². The number of anilines is 2. The highest BCUT2D eigenvalue weighted by molar-refractivity contribution is 5.48. The molecule has 0 atom stereocenters. The van der Waals surface area contributed by atoms with E-state index < -0.39 is 0 Å².